The maximum absolute atomic E-state index is 11.1. The van der Waals surface area contributed by atoms with Gasteiger partial charge in [0.15, 0.2) is 0 Å². The molecule has 5 N–H and O–H groups in total. The fourth-order valence-corrected chi connectivity index (χ4v) is 5.88. The lowest BCUT2D eigenvalue weighted by Crippen LogP contribution is -2.70. The zero-order valence-electron chi connectivity index (χ0n) is 16.2. The first kappa shape index (κ1) is 20.8. The Bertz CT molecular complexity index is 512. The van der Waals surface area contributed by atoms with E-state index in [4.69, 9.17) is 0 Å². The maximum Gasteiger partial charge on any atom is 0.109 e. The Kier molecular flexibility index (Phi) is 5.26. The van der Waals surface area contributed by atoms with Gasteiger partial charge in [0.05, 0.1) is 17.8 Å². The van der Waals surface area contributed by atoms with Gasteiger partial charge in [0.1, 0.15) is 11.7 Å². The molecule has 5 nitrogen and oxygen atoms in total. The van der Waals surface area contributed by atoms with Crippen LogP contribution in [0, 0.1) is 22.7 Å². The van der Waals surface area contributed by atoms with Gasteiger partial charge in [-0.2, -0.15) is 0 Å². The highest BCUT2D eigenvalue weighted by atomic mass is 16.4. The first-order valence-corrected chi connectivity index (χ1v) is 9.34. The van der Waals surface area contributed by atoms with Crippen LogP contribution in [-0.2, 0) is 0 Å². The molecule has 0 spiro atoms. The summed E-state index contributed by atoms with van der Waals surface area (Å²) in [6.07, 6.45) is 0.685. The predicted molar refractivity (Wildman–Crippen MR) is 96.8 cm³/mol. The molecule has 0 unspecified atom stereocenters. The molecule has 0 aromatic rings. The molecular formula is C20H36O5. The zero-order valence-corrected chi connectivity index (χ0v) is 16.2. The summed E-state index contributed by atoms with van der Waals surface area (Å²) in [4.78, 5) is 0. The average Bonchev–Trinajstić information content (AvgIpc) is 2.48. The van der Waals surface area contributed by atoms with E-state index >= 15 is 0 Å². The molecule has 25 heavy (non-hydrogen) atoms. The van der Waals surface area contributed by atoms with E-state index in [9.17, 15) is 25.5 Å². The fourth-order valence-electron chi connectivity index (χ4n) is 5.88. The monoisotopic (exact) mass is 356 g/mol. The molecule has 0 bridgehead atoms. The molecule has 2 saturated carbocycles. The van der Waals surface area contributed by atoms with Gasteiger partial charge in [-0.15, -0.1) is 6.58 Å². The minimum atomic E-state index is -1.56. The van der Waals surface area contributed by atoms with Gasteiger partial charge in [-0.3, -0.25) is 0 Å². The number of fused-ring (bicyclic) bond motifs is 1. The number of hydrogen-bond donors (Lipinski definition) is 5. The van der Waals surface area contributed by atoms with Crippen LogP contribution in [0.2, 0.25) is 0 Å². The van der Waals surface area contributed by atoms with Gasteiger partial charge in [0, 0.05) is 0 Å². The summed E-state index contributed by atoms with van der Waals surface area (Å²) in [7, 11) is 0. The second-order valence-electron chi connectivity index (χ2n) is 9.72. The largest absolute Gasteiger partial charge is 0.390 e. The van der Waals surface area contributed by atoms with Crippen LogP contribution in [0.3, 0.4) is 0 Å². The highest BCUT2D eigenvalue weighted by Gasteiger charge is 2.65. The van der Waals surface area contributed by atoms with E-state index in [1.807, 2.05) is 6.92 Å². The van der Waals surface area contributed by atoms with E-state index < -0.39 is 40.8 Å². The second-order valence-corrected chi connectivity index (χ2v) is 9.72. The van der Waals surface area contributed by atoms with Crippen molar-refractivity contribution in [3.05, 3.63) is 12.7 Å². The molecule has 0 heterocycles. The van der Waals surface area contributed by atoms with Crippen LogP contribution in [0.4, 0.5) is 0 Å². The topological polar surface area (TPSA) is 101 Å². The van der Waals surface area contributed by atoms with Crippen LogP contribution >= 0.6 is 0 Å². The summed E-state index contributed by atoms with van der Waals surface area (Å²) in [5.74, 6) is -0.667. The van der Waals surface area contributed by atoms with Crippen LogP contribution in [0.25, 0.3) is 0 Å². The first-order valence-electron chi connectivity index (χ1n) is 9.34. The fraction of sp³-hybridized carbons (Fsp3) is 0.900. The van der Waals surface area contributed by atoms with Crippen molar-refractivity contribution >= 4 is 0 Å². The summed E-state index contributed by atoms with van der Waals surface area (Å²) in [5, 5.41) is 53.5. The van der Waals surface area contributed by atoms with Crippen molar-refractivity contribution in [1.29, 1.82) is 0 Å². The van der Waals surface area contributed by atoms with Gasteiger partial charge in [0.25, 0.3) is 0 Å². The lowest BCUT2D eigenvalue weighted by atomic mass is 9.43. The van der Waals surface area contributed by atoms with E-state index in [1.54, 1.807) is 0 Å². The molecule has 8 atom stereocenters. The number of aliphatic hydroxyl groups excluding tert-OH is 3. The standard InChI is InChI=1S/C20H36O5/c1-7-19(5,24)13(21)11-12-18(4)10-8-9-17(2,3)15(18)14(22)16(23)20(12,6)25/h7,12-16,21-25H,1,8-11H2,2-6H3/t12-,13+,14+,15+,16+,18+,19-,20+/m1/s1. The van der Waals surface area contributed by atoms with Gasteiger partial charge in [0.2, 0.25) is 0 Å². The maximum atomic E-state index is 11.1. The average molecular weight is 357 g/mol. The van der Waals surface area contributed by atoms with Gasteiger partial charge in [-0.05, 0) is 55.8 Å². The number of hydrogen-bond acceptors (Lipinski definition) is 5. The summed E-state index contributed by atoms with van der Waals surface area (Å²) >= 11 is 0. The number of rotatable bonds is 4. The van der Waals surface area contributed by atoms with E-state index in [0.717, 1.165) is 19.3 Å². The van der Waals surface area contributed by atoms with Gasteiger partial charge in [-0.1, -0.05) is 33.3 Å². The molecule has 0 saturated heterocycles. The molecule has 2 aliphatic rings. The molecule has 2 fully saturated rings. The summed E-state index contributed by atoms with van der Waals surface area (Å²) < 4.78 is 0. The minimum absolute atomic E-state index is 0.124. The van der Waals surface area contributed by atoms with Crippen LogP contribution in [0.1, 0.15) is 60.3 Å². The molecule has 0 radical (unpaired) electrons. The molecule has 0 aromatic carbocycles. The van der Waals surface area contributed by atoms with Gasteiger partial charge in [-0.25, -0.2) is 0 Å². The Morgan fingerprint density at radius 1 is 1.20 bits per heavy atom. The third-order valence-electron chi connectivity index (χ3n) is 7.40. The Hall–Kier alpha value is -0.460. The molecule has 0 aromatic heterocycles. The van der Waals surface area contributed by atoms with Crippen molar-refractivity contribution in [1.82, 2.24) is 0 Å². The van der Waals surface area contributed by atoms with Crippen LogP contribution in [0.15, 0.2) is 12.7 Å². The molecule has 0 aliphatic heterocycles. The Labute approximate surface area is 151 Å². The van der Waals surface area contributed by atoms with Crippen LogP contribution < -0.4 is 0 Å². The lowest BCUT2D eigenvalue weighted by molar-refractivity contribution is -0.272. The summed E-state index contributed by atoms with van der Waals surface area (Å²) in [5.41, 5.74) is -3.68. The quantitative estimate of drug-likeness (QED) is 0.493. The van der Waals surface area contributed by atoms with Gasteiger partial charge >= 0.3 is 0 Å². The molecule has 2 aliphatic carbocycles. The van der Waals surface area contributed by atoms with Crippen molar-refractivity contribution in [2.24, 2.45) is 22.7 Å². The molecule has 2 rings (SSSR count). The van der Waals surface area contributed by atoms with E-state index in [2.05, 4.69) is 20.4 Å². The third-order valence-corrected chi connectivity index (χ3v) is 7.40. The summed E-state index contributed by atoms with van der Waals surface area (Å²) in [6.45, 7) is 12.8. The Morgan fingerprint density at radius 3 is 2.28 bits per heavy atom. The Morgan fingerprint density at radius 2 is 1.76 bits per heavy atom. The van der Waals surface area contributed by atoms with Crippen molar-refractivity contribution < 1.29 is 25.5 Å². The van der Waals surface area contributed by atoms with Crippen molar-refractivity contribution in [2.75, 3.05) is 0 Å². The minimum Gasteiger partial charge on any atom is -0.390 e. The second kappa shape index (κ2) is 6.31. The van der Waals surface area contributed by atoms with E-state index in [0.29, 0.717) is 0 Å². The smallest absolute Gasteiger partial charge is 0.109 e. The van der Waals surface area contributed by atoms with Crippen LogP contribution in [-0.4, -0.2) is 55.0 Å². The summed E-state index contributed by atoms with van der Waals surface area (Å²) in [6, 6.07) is 0. The van der Waals surface area contributed by atoms with Crippen LogP contribution in [0.5, 0.6) is 0 Å². The van der Waals surface area contributed by atoms with Crippen molar-refractivity contribution in [3.63, 3.8) is 0 Å². The van der Waals surface area contributed by atoms with Crippen molar-refractivity contribution in [2.45, 2.75) is 89.8 Å². The predicted octanol–water partition coefficient (Wildman–Crippen LogP) is 1.61. The Balaban J connectivity index is 2.49. The molecule has 146 valence electrons. The van der Waals surface area contributed by atoms with E-state index in [-0.39, 0.29) is 17.8 Å². The normalized spacial score (nSPS) is 47.4. The SMILES string of the molecule is C=C[C@@](C)(O)[C@@H](O)C[C@H]1[C@](C)(O)[C@@H](O)[C@@H](O)[C@H]2C(C)(C)CCC[C@]21C. The van der Waals surface area contributed by atoms with E-state index in [1.165, 1.54) is 19.9 Å². The first-order chi connectivity index (χ1) is 11.2. The highest BCUT2D eigenvalue weighted by Crippen LogP contribution is 2.63. The van der Waals surface area contributed by atoms with Gasteiger partial charge < -0.3 is 25.5 Å². The van der Waals surface area contributed by atoms with Crippen molar-refractivity contribution in [3.8, 4) is 0 Å². The number of aliphatic hydroxyl groups is 5. The molecule has 0 amide bonds. The zero-order chi connectivity index (χ0) is 19.4. The third kappa shape index (κ3) is 3.19. The lowest BCUT2D eigenvalue weighted by Gasteiger charge is -2.64. The molecule has 5 heteroatoms. The molecular weight excluding hydrogens is 320 g/mol. The highest BCUT2D eigenvalue weighted by molar-refractivity contribution is 5.15.